The number of anilines is 1. The van der Waals surface area contributed by atoms with Crippen LogP contribution >= 0.6 is 11.8 Å². The largest absolute Gasteiger partial charge is 0.323 e. The minimum atomic E-state index is -0.0275. The third kappa shape index (κ3) is 3.92. The number of carbonyl (C=O) groups excluding carboxylic acids is 1. The zero-order valence-corrected chi connectivity index (χ0v) is 9.91. The van der Waals surface area contributed by atoms with E-state index >= 15 is 0 Å². The Morgan fingerprint density at radius 3 is 3.12 bits per heavy atom. The number of hydrogen-bond donors (Lipinski definition) is 2. The number of nitrogens with zero attached hydrogens (tertiary/aromatic N) is 2. The average Bonchev–Trinajstić information content (AvgIpc) is 2.83. The highest BCUT2D eigenvalue weighted by Gasteiger charge is 2.03. The van der Waals surface area contributed by atoms with Gasteiger partial charge in [-0.15, -0.1) is 11.8 Å². The summed E-state index contributed by atoms with van der Waals surface area (Å²) in [4.78, 5) is 15.5. The highest BCUT2D eigenvalue weighted by molar-refractivity contribution is 7.99. The lowest BCUT2D eigenvalue weighted by Crippen LogP contribution is -2.13. The summed E-state index contributed by atoms with van der Waals surface area (Å²) in [6, 6.07) is 3.88. The lowest BCUT2D eigenvalue weighted by atomic mass is 10.3. The third-order valence-corrected chi connectivity index (χ3v) is 3.01. The number of nitrogens with one attached hydrogen (secondary N) is 2. The summed E-state index contributed by atoms with van der Waals surface area (Å²) >= 11 is 1.55. The first kappa shape index (κ1) is 11.7. The van der Waals surface area contributed by atoms with Crippen molar-refractivity contribution in [1.29, 1.82) is 0 Å². The third-order valence-electron chi connectivity index (χ3n) is 2.01. The number of rotatable bonds is 5. The molecular weight excluding hydrogens is 236 g/mol. The van der Waals surface area contributed by atoms with Crippen LogP contribution in [0.3, 0.4) is 0 Å². The van der Waals surface area contributed by atoms with Gasteiger partial charge in [0.15, 0.2) is 0 Å². The first-order valence-corrected chi connectivity index (χ1v) is 6.25. The fraction of sp³-hybridized carbons (Fsp3) is 0.182. The standard InChI is InChI=1S/C11H12N4OS/c16-11(15-10-5-13-14-6-10)8-17-7-9-2-1-3-12-4-9/h1-6H,7-8H2,(H,13,14)(H,15,16). The van der Waals surface area contributed by atoms with Crippen molar-refractivity contribution in [1.82, 2.24) is 15.2 Å². The highest BCUT2D eigenvalue weighted by Crippen LogP contribution is 2.11. The van der Waals surface area contributed by atoms with Crippen LogP contribution in [-0.2, 0) is 10.5 Å². The van der Waals surface area contributed by atoms with Gasteiger partial charge in [-0.1, -0.05) is 6.07 Å². The van der Waals surface area contributed by atoms with Crippen LogP contribution in [0.4, 0.5) is 5.69 Å². The Bertz CT molecular complexity index is 458. The zero-order chi connectivity index (χ0) is 11.9. The maximum absolute atomic E-state index is 11.5. The number of carbonyl (C=O) groups is 1. The second-order valence-electron chi connectivity index (χ2n) is 3.39. The van der Waals surface area contributed by atoms with Crippen molar-refractivity contribution in [3.8, 4) is 0 Å². The molecule has 0 unspecified atom stereocenters. The van der Waals surface area contributed by atoms with Gasteiger partial charge in [0.1, 0.15) is 0 Å². The van der Waals surface area contributed by atoms with Gasteiger partial charge in [0, 0.05) is 24.3 Å². The quantitative estimate of drug-likeness (QED) is 0.844. The molecule has 0 saturated heterocycles. The van der Waals surface area contributed by atoms with Gasteiger partial charge >= 0.3 is 0 Å². The summed E-state index contributed by atoms with van der Waals surface area (Å²) in [5, 5.41) is 9.12. The molecule has 0 bridgehead atoms. The summed E-state index contributed by atoms with van der Waals surface area (Å²) in [7, 11) is 0. The molecule has 2 aromatic heterocycles. The molecule has 0 aliphatic heterocycles. The van der Waals surface area contributed by atoms with Crippen LogP contribution in [0.5, 0.6) is 0 Å². The minimum Gasteiger partial charge on any atom is -0.323 e. The molecule has 2 rings (SSSR count). The maximum Gasteiger partial charge on any atom is 0.234 e. The van der Waals surface area contributed by atoms with Crippen LogP contribution in [0.2, 0.25) is 0 Å². The fourth-order valence-corrected chi connectivity index (χ4v) is 2.03. The van der Waals surface area contributed by atoms with E-state index in [0.29, 0.717) is 11.4 Å². The number of thioether (sulfide) groups is 1. The average molecular weight is 248 g/mol. The molecule has 0 aromatic carbocycles. The van der Waals surface area contributed by atoms with Crippen molar-refractivity contribution >= 4 is 23.4 Å². The summed E-state index contributed by atoms with van der Waals surface area (Å²) in [6.07, 6.45) is 6.76. The van der Waals surface area contributed by atoms with Gasteiger partial charge in [-0.3, -0.25) is 14.9 Å². The smallest absolute Gasteiger partial charge is 0.234 e. The molecule has 2 heterocycles. The number of amides is 1. The van der Waals surface area contributed by atoms with Gasteiger partial charge < -0.3 is 5.32 Å². The molecule has 1 amide bonds. The van der Waals surface area contributed by atoms with Crippen LogP contribution in [0, 0.1) is 0 Å². The Balaban J connectivity index is 1.70. The van der Waals surface area contributed by atoms with Crippen LogP contribution in [0.25, 0.3) is 0 Å². The lowest BCUT2D eigenvalue weighted by molar-refractivity contribution is -0.113. The SMILES string of the molecule is O=C(CSCc1cccnc1)Nc1cn[nH]c1. The Morgan fingerprint density at radius 2 is 2.41 bits per heavy atom. The first-order valence-electron chi connectivity index (χ1n) is 5.10. The van der Waals surface area contributed by atoms with Crippen LogP contribution < -0.4 is 5.32 Å². The van der Waals surface area contributed by atoms with Crippen molar-refractivity contribution in [3.05, 3.63) is 42.5 Å². The maximum atomic E-state index is 11.5. The predicted molar refractivity (Wildman–Crippen MR) is 67.6 cm³/mol. The van der Waals surface area contributed by atoms with Gasteiger partial charge in [-0.25, -0.2) is 0 Å². The van der Waals surface area contributed by atoms with E-state index in [0.717, 1.165) is 11.3 Å². The number of aromatic nitrogens is 3. The van der Waals surface area contributed by atoms with Crippen molar-refractivity contribution in [3.63, 3.8) is 0 Å². The Kier molecular flexibility index (Phi) is 4.15. The molecule has 5 nitrogen and oxygen atoms in total. The molecule has 17 heavy (non-hydrogen) atoms. The number of H-pyrrole nitrogens is 1. The molecule has 0 radical (unpaired) electrons. The lowest BCUT2D eigenvalue weighted by Gasteiger charge is -2.02. The molecule has 0 saturated carbocycles. The van der Waals surface area contributed by atoms with Crippen molar-refractivity contribution in [2.24, 2.45) is 0 Å². The van der Waals surface area contributed by atoms with Gasteiger partial charge in [-0.2, -0.15) is 5.10 Å². The molecular formula is C11H12N4OS. The molecule has 2 N–H and O–H groups in total. The van der Waals surface area contributed by atoms with E-state index in [1.165, 1.54) is 0 Å². The van der Waals surface area contributed by atoms with Crippen molar-refractivity contribution in [2.75, 3.05) is 11.1 Å². The van der Waals surface area contributed by atoms with Crippen LogP contribution in [0.1, 0.15) is 5.56 Å². The summed E-state index contributed by atoms with van der Waals surface area (Å²) in [5.41, 5.74) is 1.81. The van der Waals surface area contributed by atoms with E-state index in [1.54, 1.807) is 36.5 Å². The van der Waals surface area contributed by atoms with E-state index in [2.05, 4.69) is 20.5 Å². The van der Waals surface area contributed by atoms with Crippen molar-refractivity contribution in [2.45, 2.75) is 5.75 Å². The van der Waals surface area contributed by atoms with E-state index < -0.39 is 0 Å². The highest BCUT2D eigenvalue weighted by atomic mass is 32.2. The van der Waals surface area contributed by atoms with Gasteiger partial charge in [0.05, 0.1) is 17.6 Å². The number of hydrogen-bond acceptors (Lipinski definition) is 4. The van der Waals surface area contributed by atoms with Gasteiger partial charge in [0.25, 0.3) is 0 Å². The number of pyridine rings is 1. The van der Waals surface area contributed by atoms with E-state index in [1.807, 2.05) is 12.1 Å². The zero-order valence-electron chi connectivity index (χ0n) is 9.09. The summed E-state index contributed by atoms with van der Waals surface area (Å²) < 4.78 is 0. The molecule has 0 atom stereocenters. The minimum absolute atomic E-state index is 0.0275. The van der Waals surface area contributed by atoms with Gasteiger partial charge in [0.2, 0.25) is 5.91 Å². The molecule has 0 aliphatic rings. The molecule has 6 heteroatoms. The normalized spacial score (nSPS) is 10.1. The predicted octanol–water partition coefficient (Wildman–Crippen LogP) is 1.68. The Hall–Kier alpha value is -1.82. The first-order chi connectivity index (χ1) is 8.34. The van der Waals surface area contributed by atoms with E-state index in [4.69, 9.17) is 0 Å². The van der Waals surface area contributed by atoms with Gasteiger partial charge in [-0.05, 0) is 11.6 Å². The van der Waals surface area contributed by atoms with Crippen LogP contribution in [-0.4, -0.2) is 26.8 Å². The number of aromatic amines is 1. The van der Waals surface area contributed by atoms with Crippen molar-refractivity contribution < 1.29 is 4.79 Å². The molecule has 0 spiro atoms. The van der Waals surface area contributed by atoms with Crippen LogP contribution in [0.15, 0.2) is 36.9 Å². The fourth-order valence-electron chi connectivity index (χ4n) is 1.26. The summed E-state index contributed by atoms with van der Waals surface area (Å²) in [6.45, 7) is 0. The second-order valence-corrected chi connectivity index (χ2v) is 4.37. The Morgan fingerprint density at radius 1 is 1.47 bits per heavy atom. The summed E-state index contributed by atoms with van der Waals surface area (Å²) in [5.74, 6) is 1.17. The topological polar surface area (TPSA) is 70.7 Å². The molecule has 88 valence electrons. The van der Waals surface area contributed by atoms with E-state index in [9.17, 15) is 4.79 Å². The van der Waals surface area contributed by atoms with E-state index in [-0.39, 0.29) is 5.91 Å². The molecule has 0 aliphatic carbocycles. The Labute approximate surface area is 103 Å². The monoisotopic (exact) mass is 248 g/mol. The molecule has 0 fully saturated rings. The second kappa shape index (κ2) is 6.05. The molecule has 2 aromatic rings.